The Balaban J connectivity index is 4.27. The van der Waals surface area contributed by atoms with Gasteiger partial charge in [0.15, 0.2) is 0 Å². The molecule has 0 saturated carbocycles. The van der Waals surface area contributed by atoms with Crippen LogP contribution in [0.3, 0.4) is 0 Å². The van der Waals surface area contributed by atoms with Crippen LogP contribution in [0.1, 0.15) is 6.92 Å². The number of carbonyl (C=O) groups is 2. The summed E-state index contributed by atoms with van der Waals surface area (Å²) in [6, 6.07) is 0.799. The molecule has 0 unspecified atom stereocenters. The highest BCUT2D eigenvalue weighted by Crippen LogP contribution is 1.79. The third-order valence-corrected chi connectivity index (χ3v) is 1.07. The fourth-order valence-electron chi connectivity index (χ4n) is 0.571. The molecule has 0 aliphatic rings. The lowest BCUT2D eigenvalue weighted by atomic mass is 10.7. The SMILES string of the molecule is CCNC(=O)N[14C](=O)/C(C#N)=N/OC. The fraction of sp³-hybridized carbons (Fsp3) is 0.429. The molecule has 3 amide bonds. The molecule has 0 aromatic rings. The first-order valence-corrected chi connectivity index (χ1v) is 3.76. The molecule has 0 saturated heterocycles. The quantitative estimate of drug-likeness (QED) is 0.467. The third kappa shape index (κ3) is 4.06. The predicted octanol–water partition coefficient (Wildman–Crippen LogP) is -0.642. The van der Waals surface area contributed by atoms with Crippen LogP contribution in [0.25, 0.3) is 0 Å². The van der Waals surface area contributed by atoms with E-state index in [4.69, 9.17) is 5.26 Å². The van der Waals surface area contributed by atoms with Gasteiger partial charge in [-0.15, -0.1) is 0 Å². The van der Waals surface area contributed by atoms with Crippen molar-refractivity contribution >= 4 is 17.6 Å². The Hall–Kier alpha value is -2.10. The van der Waals surface area contributed by atoms with Crippen molar-refractivity contribution in [3.63, 3.8) is 0 Å². The number of oxime groups is 1. The summed E-state index contributed by atoms with van der Waals surface area (Å²) in [5.41, 5.74) is -0.515. The van der Waals surface area contributed by atoms with Gasteiger partial charge in [0.2, 0.25) is 5.71 Å². The molecule has 7 heteroatoms. The van der Waals surface area contributed by atoms with Gasteiger partial charge in [-0.1, -0.05) is 5.16 Å². The van der Waals surface area contributed by atoms with Crippen molar-refractivity contribution < 1.29 is 14.4 Å². The second-order valence-corrected chi connectivity index (χ2v) is 2.05. The Labute approximate surface area is 80.7 Å². The molecule has 0 spiro atoms. The van der Waals surface area contributed by atoms with E-state index in [2.05, 4.69) is 15.3 Å². The van der Waals surface area contributed by atoms with Gasteiger partial charge in [-0.2, -0.15) is 5.26 Å². The van der Waals surface area contributed by atoms with Crippen LogP contribution < -0.4 is 10.6 Å². The van der Waals surface area contributed by atoms with E-state index in [0.717, 1.165) is 0 Å². The van der Waals surface area contributed by atoms with Crippen LogP contribution in [0.15, 0.2) is 5.16 Å². The van der Waals surface area contributed by atoms with Crippen molar-refractivity contribution in [1.82, 2.24) is 10.6 Å². The largest absolute Gasteiger partial charge is 0.398 e. The molecule has 0 bridgehead atoms. The summed E-state index contributed by atoms with van der Waals surface area (Å²) in [5.74, 6) is -0.903. The molecular formula is C7H10N4O3. The number of rotatable bonds is 3. The van der Waals surface area contributed by atoms with Gasteiger partial charge in [-0.05, 0) is 6.92 Å². The average Bonchev–Trinajstić information content (AvgIpc) is 2.14. The molecule has 0 rings (SSSR count). The zero-order valence-electron chi connectivity index (χ0n) is 7.83. The van der Waals surface area contributed by atoms with Crippen molar-refractivity contribution in [2.24, 2.45) is 5.16 Å². The molecule has 14 heavy (non-hydrogen) atoms. The highest BCUT2D eigenvalue weighted by Gasteiger charge is 2.14. The normalized spacial score (nSPS) is 9.93. The predicted molar refractivity (Wildman–Crippen MR) is 47.3 cm³/mol. The zero-order chi connectivity index (χ0) is 11.0. The van der Waals surface area contributed by atoms with E-state index in [-0.39, 0.29) is 0 Å². The van der Waals surface area contributed by atoms with E-state index in [1.807, 2.05) is 5.32 Å². The van der Waals surface area contributed by atoms with E-state index < -0.39 is 17.6 Å². The summed E-state index contributed by atoms with van der Waals surface area (Å²) in [6.45, 7) is 2.07. The number of nitrogens with zero attached hydrogens (tertiary/aromatic N) is 2. The second-order valence-electron chi connectivity index (χ2n) is 2.05. The first-order valence-electron chi connectivity index (χ1n) is 3.76. The van der Waals surface area contributed by atoms with Gasteiger partial charge >= 0.3 is 6.03 Å². The van der Waals surface area contributed by atoms with Crippen LogP contribution in [0.4, 0.5) is 4.79 Å². The van der Waals surface area contributed by atoms with Crippen LogP contribution in [-0.4, -0.2) is 31.3 Å². The Morgan fingerprint density at radius 3 is 2.79 bits per heavy atom. The lowest BCUT2D eigenvalue weighted by Crippen LogP contribution is -2.42. The van der Waals surface area contributed by atoms with Crippen molar-refractivity contribution in [2.45, 2.75) is 6.92 Å². The molecular weight excluding hydrogens is 190 g/mol. The number of carbonyl (C=O) groups excluding carboxylic acids is 2. The van der Waals surface area contributed by atoms with E-state index in [0.29, 0.717) is 6.54 Å². The molecule has 0 aliphatic heterocycles. The van der Waals surface area contributed by atoms with Gasteiger partial charge in [0, 0.05) is 6.54 Å². The van der Waals surface area contributed by atoms with Gasteiger partial charge in [0.05, 0.1) is 0 Å². The minimum Gasteiger partial charge on any atom is -0.398 e. The van der Waals surface area contributed by atoms with Crippen LogP contribution in [0.2, 0.25) is 0 Å². The monoisotopic (exact) mass is 200 g/mol. The van der Waals surface area contributed by atoms with E-state index in [1.54, 1.807) is 6.92 Å². The fourth-order valence-corrected chi connectivity index (χ4v) is 0.571. The molecule has 0 radical (unpaired) electrons. The van der Waals surface area contributed by atoms with Gasteiger partial charge in [0.1, 0.15) is 13.2 Å². The van der Waals surface area contributed by atoms with Gasteiger partial charge in [0.25, 0.3) is 5.91 Å². The van der Waals surface area contributed by atoms with E-state index >= 15 is 0 Å². The maximum absolute atomic E-state index is 11.0. The zero-order valence-corrected chi connectivity index (χ0v) is 7.83. The molecule has 0 heterocycles. The second kappa shape index (κ2) is 6.42. The summed E-state index contributed by atoms with van der Waals surface area (Å²) in [7, 11) is 1.19. The summed E-state index contributed by atoms with van der Waals surface area (Å²) in [6.07, 6.45) is 0. The lowest BCUT2D eigenvalue weighted by Gasteiger charge is -2.01. The van der Waals surface area contributed by atoms with Crippen LogP contribution >= 0.6 is 0 Å². The first-order chi connectivity index (χ1) is 6.65. The highest BCUT2D eigenvalue weighted by atomic mass is 16.6. The number of hydrogen-bond donors (Lipinski definition) is 2. The summed E-state index contributed by atoms with van der Waals surface area (Å²) >= 11 is 0. The van der Waals surface area contributed by atoms with Crippen molar-refractivity contribution in [1.29, 1.82) is 5.26 Å². The smallest absolute Gasteiger partial charge is 0.321 e. The molecule has 76 valence electrons. The van der Waals surface area contributed by atoms with Crippen molar-refractivity contribution in [3.8, 4) is 6.07 Å². The molecule has 0 fully saturated rings. The van der Waals surface area contributed by atoms with E-state index in [1.165, 1.54) is 13.2 Å². The van der Waals surface area contributed by atoms with Crippen molar-refractivity contribution in [2.75, 3.05) is 13.7 Å². The van der Waals surface area contributed by atoms with Gasteiger partial charge < -0.3 is 10.2 Å². The lowest BCUT2D eigenvalue weighted by molar-refractivity contribution is -0.113. The highest BCUT2D eigenvalue weighted by molar-refractivity contribution is 6.46. The Kier molecular flexibility index (Phi) is 5.46. The number of imide groups is 1. The first kappa shape index (κ1) is 11.9. The average molecular weight is 200 g/mol. The third-order valence-electron chi connectivity index (χ3n) is 1.07. The van der Waals surface area contributed by atoms with E-state index in [9.17, 15) is 9.59 Å². The minimum atomic E-state index is -0.903. The number of nitriles is 1. The standard InChI is InChI=1S/C7H10N4O3/c1-3-9-7(13)10-6(12)5(4-8)11-14-2/h3H2,1-2H3,(H2,9,10,12,13)/b11-5+/i6+2. The minimum absolute atomic E-state index is 0.377. The summed E-state index contributed by atoms with van der Waals surface area (Å²) in [4.78, 5) is 26.1. The van der Waals surface area contributed by atoms with Crippen LogP contribution in [-0.2, 0) is 9.63 Å². The molecule has 0 aromatic heterocycles. The molecule has 7 nitrogen and oxygen atoms in total. The number of amides is 3. The van der Waals surface area contributed by atoms with Gasteiger partial charge in [-0.3, -0.25) is 10.1 Å². The van der Waals surface area contributed by atoms with Gasteiger partial charge in [-0.25, -0.2) is 4.79 Å². The molecule has 0 atom stereocenters. The molecule has 2 N–H and O–H groups in total. The topological polar surface area (TPSA) is 104 Å². The molecule has 0 aromatic carbocycles. The van der Waals surface area contributed by atoms with Crippen LogP contribution in [0.5, 0.6) is 0 Å². The van der Waals surface area contributed by atoms with Crippen LogP contribution in [0, 0.1) is 11.3 Å². The maximum Gasteiger partial charge on any atom is 0.321 e. The Bertz CT molecular complexity index is 292. The number of urea groups is 1. The maximum atomic E-state index is 11.0. The Morgan fingerprint density at radius 2 is 2.36 bits per heavy atom. The number of hydrogen-bond acceptors (Lipinski definition) is 5. The number of nitrogens with one attached hydrogen (secondary N) is 2. The summed E-state index contributed by atoms with van der Waals surface area (Å²) < 4.78 is 0. The van der Waals surface area contributed by atoms with Crippen molar-refractivity contribution in [3.05, 3.63) is 0 Å². The summed E-state index contributed by atoms with van der Waals surface area (Å²) in [5, 5.41) is 15.8. The Morgan fingerprint density at radius 1 is 1.71 bits per heavy atom. The molecule has 0 aliphatic carbocycles.